The van der Waals surface area contributed by atoms with Crippen molar-refractivity contribution in [3.05, 3.63) is 13.2 Å². The fourth-order valence-electron chi connectivity index (χ4n) is 0. The summed E-state index contributed by atoms with van der Waals surface area (Å²) in [5, 5.41) is 45.8. The summed E-state index contributed by atoms with van der Waals surface area (Å²) in [6, 6.07) is 0. The molecule has 0 rings (SSSR count). The summed E-state index contributed by atoms with van der Waals surface area (Å²) in [5.41, 5.74) is 0. The van der Waals surface area contributed by atoms with Crippen molar-refractivity contribution in [2.75, 3.05) is 39.6 Å². The van der Waals surface area contributed by atoms with Crippen LogP contribution in [-0.4, -0.2) is 70.3 Å². The number of rotatable bonds is 3. The van der Waals surface area contributed by atoms with Gasteiger partial charge in [0, 0.05) is 0 Å². The van der Waals surface area contributed by atoms with Gasteiger partial charge in [0.1, 0.15) is 0 Å². The predicted octanol–water partition coefficient (Wildman–Crippen LogP) is -2.28. The molecule has 0 saturated carbocycles. The van der Waals surface area contributed by atoms with Crippen molar-refractivity contribution in [1.82, 2.24) is 0 Å². The molecule has 0 heterocycles. The van der Waals surface area contributed by atoms with Gasteiger partial charge in [0.05, 0.1) is 39.6 Å². The molecule has 0 atom stereocenters. The van der Waals surface area contributed by atoms with Gasteiger partial charge in [0.15, 0.2) is 0 Å². The van der Waals surface area contributed by atoms with Crippen LogP contribution in [0, 0.1) is 0 Å². The third-order valence-electron chi connectivity index (χ3n) is 0.300. The van der Waals surface area contributed by atoms with Crippen molar-refractivity contribution < 1.29 is 30.6 Å². The van der Waals surface area contributed by atoms with Crippen molar-refractivity contribution >= 4 is 0 Å². The van der Waals surface area contributed by atoms with E-state index in [1.807, 2.05) is 0 Å². The number of aliphatic hydroxyl groups is 6. The SMILES string of the molecule is C=C.OCCO.OCCO.OCCO. The first-order valence-corrected chi connectivity index (χ1v) is 3.90. The molecule has 0 amide bonds. The molecular weight excluding hydrogens is 192 g/mol. The molecule has 0 aliphatic carbocycles. The number of aliphatic hydroxyl groups excluding tert-OH is 6. The van der Waals surface area contributed by atoms with Crippen LogP contribution < -0.4 is 0 Å². The van der Waals surface area contributed by atoms with E-state index in [-0.39, 0.29) is 39.6 Å². The van der Waals surface area contributed by atoms with E-state index in [0.29, 0.717) is 0 Å². The molecule has 0 bridgehead atoms. The lowest BCUT2D eigenvalue weighted by molar-refractivity contribution is 0.186. The highest BCUT2D eigenvalue weighted by atomic mass is 16.3. The third-order valence-corrected chi connectivity index (χ3v) is 0.300. The van der Waals surface area contributed by atoms with Crippen molar-refractivity contribution in [1.29, 1.82) is 0 Å². The van der Waals surface area contributed by atoms with Gasteiger partial charge in [0.25, 0.3) is 0 Å². The molecule has 90 valence electrons. The lowest BCUT2D eigenvalue weighted by Gasteiger charge is -1.70. The summed E-state index contributed by atoms with van der Waals surface area (Å²) >= 11 is 0. The summed E-state index contributed by atoms with van der Waals surface area (Å²) in [6.45, 7) is 5.25. The molecule has 6 nitrogen and oxygen atoms in total. The Kier molecular flexibility index (Phi) is 91.2. The van der Waals surface area contributed by atoms with Gasteiger partial charge in [-0.3, -0.25) is 0 Å². The Hall–Kier alpha value is -0.500. The maximum Gasteiger partial charge on any atom is 0.0662 e. The molecule has 0 saturated heterocycles. The monoisotopic (exact) mass is 214 g/mol. The van der Waals surface area contributed by atoms with E-state index in [2.05, 4.69) is 13.2 Å². The standard InChI is InChI=1S/3C2H6O2.C2H4/c3*3-1-2-4;1-2/h3*3-4H,1-2H2;1-2H2. The van der Waals surface area contributed by atoms with E-state index >= 15 is 0 Å². The minimum absolute atomic E-state index is 0.125. The predicted molar refractivity (Wildman–Crippen MR) is 53.8 cm³/mol. The van der Waals surface area contributed by atoms with Crippen molar-refractivity contribution in [3.8, 4) is 0 Å². The van der Waals surface area contributed by atoms with E-state index in [1.54, 1.807) is 0 Å². The van der Waals surface area contributed by atoms with E-state index in [9.17, 15) is 0 Å². The summed E-state index contributed by atoms with van der Waals surface area (Å²) in [5.74, 6) is 0. The molecular formula is C8H22O6. The molecule has 0 fully saturated rings. The molecule has 0 spiro atoms. The lowest BCUT2D eigenvalue weighted by Crippen LogP contribution is -1.85. The van der Waals surface area contributed by atoms with Gasteiger partial charge >= 0.3 is 0 Å². The van der Waals surface area contributed by atoms with Crippen molar-refractivity contribution in [3.63, 3.8) is 0 Å². The Morgan fingerprint density at radius 3 is 0.500 bits per heavy atom. The zero-order valence-corrected chi connectivity index (χ0v) is 8.34. The van der Waals surface area contributed by atoms with Crippen LogP contribution in [0.5, 0.6) is 0 Å². The molecule has 0 radical (unpaired) electrons. The minimum atomic E-state index is -0.125. The Balaban J connectivity index is -0.0000000492. The lowest BCUT2D eigenvalue weighted by atomic mass is 10.8. The first kappa shape index (κ1) is 23.4. The molecule has 14 heavy (non-hydrogen) atoms. The van der Waals surface area contributed by atoms with Crippen LogP contribution in [0.15, 0.2) is 13.2 Å². The Morgan fingerprint density at radius 2 is 0.500 bits per heavy atom. The summed E-state index contributed by atoms with van der Waals surface area (Å²) in [4.78, 5) is 0. The molecule has 0 aromatic carbocycles. The highest BCUT2D eigenvalue weighted by Crippen LogP contribution is 1.40. The van der Waals surface area contributed by atoms with Crippen LogP contribution in [0.2, 0.25) is 0 Å². The fourth-order valence-corrected chi connectivity index (χ4v) is 0. The maximum atomic E-state index is 7.62. The number of hydrogen-bond donors (Lipinski definition) is 6. The van der Waals surface area contributed by atoms with Crippen LogP contribution in [0.3, 0.4) is 0 Å². The van der Waals surface area contributed by atoms with Gasteiger partial charge < -0.3 is 30.6 Å². The average Bonchev–Trinajstić information content (AvgIpc) is 2.31. The quantitative estimate of drug-likeness (QED) is 0.294. The van der Waals surface area contributed by atoms with Gasteiger partial charge in [-0.25, -0.2) is 0 Å². The summed E-state index contributed by atoms with van der Waals surface area (Å²) in [7, 11) is 0. The normalized spacial score (nSPS) is 6.71. The fraction of sp³-hybridized carbons (Fsp3) is 0.750. The van der Waals surface area contributed by atoms with E-state index in [4.69, 9.17) is 30.6 Å². The zero-order chi connectivity index (χ0) is 12.2. The smallest absolute Gasteiger partial charge is 0.0662 e. The highest BCUT2D eigenvalue weighted by molar-refractivity contribution is 4.22. The largest absolute Gasteiger partial charge is 0.394 e. The van der Waals surface area contributed by atoms with Gasteiger partial charge in [-0.15, -0.1) is 13.2 Å². The Labute approximate surface area is 84.4 Å². The molecule has 0 aromatic heterocycles. The topological polar surface area (TPSA) is 121 Å². The zero-order valence-electron chi connectivity index (χ0n) is 8.34. The molecule has 6 heteroatoms. The van der Waals surface area contributed by atoms with Crippen molar-refractivity contribution in [2.24, 2.45) is 0 Å². The van der Waals surface area contributed by atoms with Gasteiger partial charge in [-0.2, -0.15) is 0 Å². The van der Waals surface area contributed by atoms with Gasteiger partial charge in [0.2, 0.25) is 0 Å². The molecule has 6 N–H and O–H groups in total. The van der Waals surface area contributed by atoms with Crippen LogP contribution >= 0.6 is 0 Å². The summed E-state index contributed by atoms with van der Waals surface area (Å²) < 4.78 is 0. The second kappa shape index (κ2) is 54.6. The minimum Gasteiger partial charge on any atom is -0.394 e. The van der Waals surface area contributed by atoms with Crippen molar-refractivity contribution in [2.45, 2.75) is 0 Å². The van der Waals surface area contributed by atoms with Gasteiger partial charge in [-0.05, 0) is 0 Å². The number of hydrogen-bond acceptors (Lipinski definition) is 6. The third kappa shape index (κ3) is 203. The summed E-state index contributed by atoms with van der Waals surface area (Å²) in [6.07, 6.45) is 0. The molecule has 0 aliphatic heterocycles. The van der Waals surface area contributed by atoms with Crippen LogP contribution in [0.25, 0.3) is 0 Å². The van der Waals surface area contributed by atoms with Crippen LogP contribution in [0.4, 0.5) is 0 Å². The first-order chi connectivity index (χ1) is 6.74. The van der Waals surface area contributed by atoms with E-state index in [1.165, 1.54) is 0 Å². The molecule has 0 unspecified atom stereocenters. The molecule has 0 aromatic rings. The maximum absolute atomic E-state index is 7.62. The molecule has 0 aliphatic rings. The van der Waals surface area contributed by atoms with E-state index < -0.39 is 0 Å². The second-order valence-corrected chi connectivity index (χ2v) is 1.34. The van der Waals surface area contributed by atoms with Crippen LogP contribution in [0.1, 0.15) is 0 Å². The first-order valence-electron chi connectivity index (χ1n) is 3.90. The highest BCUT2D eigenvalue weighted by Gasteiger charge is 1.58. The second-order valence-electron chi connectivity index (χ2n) is 1.34. The van der Waals surface area contributed by atoms with E-state index in [0.717, 1.165) is 0 Å². The van der Waals surface area contributed by atoms with Gasteiger partial charge in [-0.1, -0.05) is 0 Å². The van der Waals surface area contributed by atoms with Crippen LogP contribution in [-0.2, 0) is 0 Å². The average molecular weight is 214 g/mol. The Morgan fingerprint density at radius 1 is 0.429 bits per heavy atom. The Bertz CT molecular complexity index is 37.6.